The first-order valence-electron chi connectivity index (χ1n) is 8.69. The summed E-state index contributed by atoms with van der Waals surface area (Å²) in [5.41, 5.74) is 5.44. The van der Waals surface area contributed by atoms with Crippen LogP contribution in [0.15, 0.2) is 0 Å². The van der Waals surface area contributed by atoms with E-state index in [2.05, 4.69) is 6.92 Å². The molecule has 0 fully saturated rings. The molecule has 0 atom stereocenters. The van der Waals surface area contributed by atoms with Gasteiger partial charge in [0.05, 0.1) is 0 Å². The van der Waals surface area contributed by atoms with Crippen LogP contribution >= 0.6 is 24.0 Å². The van der Waals surface area contributed by atoms with Gasteiger partial charge in [0, 0.05) is 25.2 Å². The second kappa shape index (κ2) is 20.9. The SMILES string of the molecule is CCCCCCCCCCCCCCCCSC(N)=S.[Zn]. The second-order valence-electron chi connectivity index (χ2n) is 5.76. The summed E-state index contributed by atoms with van der Waals surface area (Å²) < 4.78 is 0.597. The van der Waals surface area contributed by atoms with Crippen LogP contribution < -0.4 is 5.73 Å². The predicted molar refractivity (Wildman–Crippen MR) is 99.6 cm³/mol. The van der Waals surface area contributed by atoms with Gasteiger partial charge in [-0.25, -0.2) is 0 Å². The van der Waals surface area contributed by atoms with Gasteiger partial charge in [-0.3, -0.25) is 0 Å². The maximum Gasteiger partial charge on any atom is 0.131 e. The molecule has 2 N–H and O–H groups in total. The Morgan fingerprint density at radius 1 is 0.714 bits per heavy atom. The predicted octanol–water partition coefficient (Wildman–Crippen LogP) is 6.44. The third-order valence-corrected chi connectivity index (χ3v) is 4.87. The zero-order chi connectivity index (χ0) is 14.9. The minimum absolute atomic E-state index is 0. The Morgan fingerprint density at radius 3 is 1.38 bits per heavy atom. The number of unbranched alkanes of at least 4 members (excludes halogenated alkanes) is 13. The molecule has 4 heteroatoms. The summed E-state index contributed by atoms with van der Waals surface area (Å²) in [6.07, 6.45) is 19.8. The van der Waals surface area contributed by atoms with Gasteiger partial charge < -0.3 is 5.73 Å². The smallest absolute Gasteiger partial charge is 0.131 e. The zero-order valence-corrected chi connectivity index (χ0v) is 18.8. The zero-order valence-electron chi connectivity index (χ0n) is 14.2. The monoisotopic (exact) mass is 381 g/mol. The van der Waals surface area contributed by atoms with Crippen molar-refractivity contribution in [2.24, 2.45) is 5.73 Å². The third-order valence-electron chi connectivity index (χ3n) is 3.74. The number of hydrogen-bond donors (Lipinski definition) is 1. The molecule has 0 aliphatic carbocycles. The van der Waals surface area contributed by atoms with Gasteiger partial charge in [-0.1, -0.05) is 114 Å². The van der Waals surface area contributed by atoms with E-state index in [1.165, 1.54) is 89.9 Å². The molecule has 0 aromatic rings. The molecule has 0 aromatic carbocycles. The van der Waals surface area contributed by atoms with Crippen molar-refractivity contribution >= 4 is 28.3 Å². The van der Waals surface area contributed by atoms with E-state index in [-0.39, 0.29) is 19.5 Å². The van der Waals surface area contributed by atoms with Crippen LogP contribution in [0.25, 0.3) is 0 Å². The van der Waals surface area contributed by atoms with Gasteiger partial charge in [-0.05, 0) is 6.42 Å². The summed E-state index contributed by atoms with van der Waals surface area (Å²) in [5, 5.41) is 0. The summed E-state index contributed by atoms with van der Waals surface area (Å²) in [6, 6.07) is 0. The topological polar surface area (TPSA) is 26.0 Å². The third kappa shape index (κ3) is 23.3. The van der Waals surface area contributed by atoms with E-state index >= 15 is 0 Å². The molecule has 0 bridgehead atoms. The number of thioether (sulfide) groups is 1. The molecule has 0 amide bonds. The van der Waals surface area contributed by atoms with Crippen molar-refractivity contribution in [2.45, 2.75) is 96.8 Å². The van der Waals surface area contributed by atoms with Crippen LogP contribution in [-0.2, 0) is 19.5 Å². The van der Waals surface area contributed by atoms with Gasteiger partial charge in [-0.15, -0.1) is 0 Å². The van der Waals surface area contributed by atoms with Crippen molar-refractivity contribution in [3.8, 4) is 0 Å². The number of nitrogens with two attached hydrogens (primary N) is 1. The van der Waals surface area contributed by atoms with Gasteiger partial charge in [0.15, 0.2) is 0 Å². The summed E-state index contributed by atoms with van der Waals surface area (Å²) >= 11 is 6.46. The van der Waals surface area contributed by atoms with E-state index < -0.39 is 0 Å². The molecule has 0 saturated carbocycles. The first-order chi connectivity index (χ1) is 9.77. The van der Waals surface area contributed by atoms with Crippen molar-refractivity contribution in [1.29, 1.82) is 0 Å². The first-order valence-corrected chi connectivity index (χ1v) is 10.1. The molecule has 0 aliphatic rings. The standard InChI is InChI=1S/C17H35NS2.Zn/c1-2-3-4-5-6-7-8-9-10-11-12-13-14-15-16-20-17(18)19;/h2-16H2,1H3,(H2,18,19);. The minimum atomic E-state index is 0. The van der Waals surface area contributed by atoms with Crippen LogP contribution in [0.1, 0.15) is 96.8 Å². The molecule has 0 heterocycles. The van der Waals surface area contributed by atoms with Gasteiger partial charge >= 0.3 is 0 Å². The van der Waals surface area contributed by atoms with Crippen LogP contribution in [0.2, 0.25) is 0 Å². The average Bonchev–Trinajstić information content (AvgIpc) is 2.43. The second-order valence-corrected chi connectivity index (χ2v) is 7.60. The summed E-state index contributed by atoms with van der Waals surface area (Å²) in [6.45, 7) is 2.28. The fourth-order valence-corrected chi connectivity index (χ4v) is 3.27. The Balaban J connectivity index is 0. The summed E-state index contributed by atoms with van der Waals surface area (Å²) in [5.74, 6) is 1.10. The van der Waals surface area contributed by atoms with Crippen LogP contribution in [0.4, 0.5) is 0 Å². The maximum atomic E-state index is 5.44. The van der Waals surface area contributed by atoms with E-state index in [0.29, 0.717) is 4.32 Å². The molecule has 0 saturated heterocycles. The molecule has 0 aromatic heterocycles. The number of rotatable bonds is 15. The van der Waals surface area contributed by atoms with E-state index in [9.17, 15) is 0 Å². The van der Waals surface area contributed by atoms with Crippen molar-refractivity contribution in [1.82, 2.24) is 0 Å². The van der Waals surface area contributed by atoms with E-state index in [1.54, 1.807) is 11.8 Å². The Kier molecular flexibility index (Phi) is 24.0. The quantitative estimate of drug-likeness (QED) is 0.200. The number of hydrogen-bond acceptors (Lipinski definition) is 2. The average molecular weight is 383 g/mol. The van der Waals surface area contributed by atoms with Crippen LogP contribution in [-0.4, -0.2) is 10.1 Å². The van der Waals surface area contributed by atoms with E-state index in [0.717, 1.165) is 5.75 Å². The Hall–Kier alpha value is 0.863. The van der Waals surface area contributed by atoms with Crippen molar-refractivity contribution in [3.63, 3.8) is 0 Å². The molecule has 0 radical (unpaired) electrons. The van der Waals surface area contributed by atoms with Crippen LogP contribution in [0, 0.1) is 0 Å². The number of thiocarbonyl (C=S) groups is 1. The van der Waals surface area contributed by atoms with Gasteiger partial charge in [0.2, 0.25) is 0 Å². The van der Waals surface area contributed by atoms with Crippen LogP contribution in [0.3, 0.4) is 0 Å². The van der Waals surface area contributed by atoms with Crippen molar-refractivity contribution in [2.75, 3.05) is 5.75 Å². The van der Waals surface area contributed by atoms with E-state index in [4.69, 9.17) is 18.0 Å². The molecule has 1 nitrogen and oxygen atoms in total. The fraction of sp³-hybridized carbons (Fsp3) is 0.941. The first kappa shape index (κ1) is 24.1. The molecule has 122 valence electrons. The Bertz CT molecular complexity index is 213. The molecule has 0 spiro atoms. The van der Waals surface area contributed by atoms with Crippen LogP contribution in [0.5, 0.6) is 0 Å². The molecule has 0 aliphatic heterocycles. The molecule has 0 unspecified atom stereocenters. The normalized spacial score (nSPS) is 10.3. The molecule has 0 rings (SSSR count). The van der Waals surface area contributed by atoms with Crippen molar-refractivity contribution < 1.29 is 19.5 Å². The maximum absolute atomic E-state index is 5.44. The minimum Gasteiger partial charge on any atom is -0.385 e. The fourth-order valence-electron chi connectivity index (χ4n) is 2.47. The summed E-state index contributed by atoms with van der Waals surface area (Å²) in [4.78, 5) is 0. The van der Waals surface area contributed by atoms with Gasteiger partial charge in [-0.2, -0.15) is 0 Å². The van der Waals surface area contributed by atoms with Crippen molar-refractivity contribution in [3.05, 3.63) is 0 Å². The largest absolute Gasteiger partial charge is 0.385 e. The van der Waals surface area contributed by atoms with E-state index in [1.807, 2.05) is 0 Å². The molecule has 21 heavy (non-hydrogen) atoms. The van der Waals surface area contributed by atoms with Gasteiger partial charge in [0.1, 0.15) is 4.32 Å². The summed E-state index contributed by atoms with van der Waals surface area (Å²) in [7, 11) is 0. The Labute approximate surface area is 155 Å². The Morgan fingerprint density at radius 2 is 1.05 bits per heavy atom. The molecular formula is C17H35NS2Zn. The van der Waals surface area contributed by atoms with Gasteiger partial charge in [0.25, 0.3) is 0 Å². The molecular weight excluding hydrogens is 348 g/mol.